The van der Waals surface area contributed by atoms with E-state index in [9.17, 15) is 0 Å². The van der Waals surface area contributed by atoms with E-state index in [0.29, 0.717) is 5.92 Å². The van der Waals surface area contributed by atoms with E-state index in [4.69, 9.17) is 0 Å². The lowest BCUT2D eigenvalue weighted by Crippen LogP contribution is -2.16. The molecular weight excluding hydrogens is 244 g/mol. The van der Waals surface area contributed by atoms with Crippen LogP contribution in [0.5, 0.6) is 0 Å². The van der Waals surface area contributed by atoms with Crippen LogP contribution >= 0.6 is 0 Å². The number of fused-ring (bicyclic) bond motifs is 1. The summed E-state index contributed by atoms with van der Waals surface area (Å²) in [6.45, 7) is 2.06. The van der Waals surface area contributed by atoms with Gasteiger partial charge in [0.05, 0.1) is 0 Å². The van der Waals surface area contributed by atoms with E-state index < -0.39 is 0 Å². The molecule has 1 N–H and O–H groups in total. The fourth-order valence-corrected chi connectivity index (χ4v) is 3.19. The minimum Gasteiger partial charge on any atom is -0.374 e. The molecule has 0 bridgehead atoms. The Morgan fingerprint density at radius 1 is 1.10 bits per heavy atom. The Morgan fingerprint density at radius 2 is 1.90 bits per heavy atom. The normalized spacial score (nSPS) is 17.3. The molecule has 0 aliphatic carbocycles. The topological polar surface area (TPSA) is 15.3 Å². The van der Waals surface area contributed by atoms with Crippen molar-refractivity contribution < 1.29 is 0 Å². The van der Waals surface area contributed by atoms with Crippen molar-refractivity contribution in [2.24, 2.45) is 0 Å². The number of hydrogen-bond donors (Lipinski definition) is 1. The molecule has 0 amide bonds. The number of benzene rings is 2. The first-order valence-electron chi connectivity index (χ1n) is 7.30. The highest BCUT2D eigenvalue weighted by atomic mass is 15.1. The summed E-state index contributed by atoms with van der Waals surface area (Å²) in [6, 6.07) is 17.7. The fourth-order valence-electron chi connectivity index (χ4n) is 3.19. The van der Waals surface area contributed by atoms with Gasteiger partial charge in [0.1, 0.15) is 0 Å². The quantitative estimate of drug-likeness (QED) is 0.914. The van der Waals surface area contributed by atoms with Crippen LogP contribution in [0, 0.1) is 0 Å². The summed E-state index contributed by atoms with van der Waals surface area (Å²) in [6.07, 6.45) is 1.13. The van der Waals surface area contributed by atoms with E-state index >= 15 is 0 Å². The first-order valence-corrected chi connectivity index (χ1v) is 7.30. The van der Waals surface area contributed by atoms with Crippen LogP contribution in [-0.2, 0) is 13.0 Å². The van der Waals surface area contributed by atoms with E-state index in [1.54, 1.807) is 0 Å². The van der Waals surface area contributed by atoms with Crippen LogP contribution in [0.1, 0.15) is 22.6 Å². The van der Waals surface area contributed by atoms with Gasteiger partial charge in [0.15, 0.2) is 0 Å². The SMILES string of the molecule is CNCc1ccc2c(c1)C(Cc1ccccc1)CN2C. The molecule has 1 atom stereocenters. The minimum atomic E-state index is 0.606. The number of rotatable bonds is 4. The largest absolute Gasteiger partial charge is 0.374 e. The van der Waals surface area contributed by atoms with E-state index in [1.165, 1.54) is 22.4 Å². The highest BCUT2D eigenvalue weighted by molar-refractivity contribution is 5.61. The van der Waals surface area contributed by atoms with Gasteiger partial charge in [-0.25, -0.2) is 0 Å². The molecule has 3 rings (SSSR count). The molecule has 1 heterocycles. The lowest BCUT2D eigenvalue weighted by atomic mass is 9.92. The van der Waals surface area contributed by atoms with E-state index in [0.717, 1.165) is 19.5 Å². The highest BCUT2D eigenvalue weighted by Gasteiger charge is 2.26. The van der Waals surface area contributed by atoms with Gasteiger partial charge in [0, 0.05) is 31.7 Å². The summed E-state index contributed by atoms with van der Waals surface area (Å²) < 4.78 is 0. The van der Waals surface area contributed by atoms with Gasteiger partial charge in [0.2, 0.25) is 0 Å². The number of anilines is 1. The van der Waals surface area contributed by atoms with Crippen molar-refractivity contribution in [3.63, 3.8) is 0 Å². The average molecular weight is 266 g/mol. The van der Waals surface area contributed by atoms with Crippen molar-refractivity contribution in [2.75, 3.05) is 25.5 Å². The molecule has 1 unspecified atom stereocenters. The lowest BCUT2D eigenvalue weighted by Gasteiger charge is -2.12. The Bertz CT molecular complexity index is 577. The predicted octanol–water partition coefficient (Wildman–Crippen LogP) is 3.18. The molecule has 0 saturated heterocycles. The van der Waals surface area contributed by atoms with E-state index in [2.05, 4.69) is 65.8 Å². The van der Waals surface area contributed by atoms with E-state index in [-0.39, 0.29) is 0 Å². The van der Waals surface area contributed by atoms with Crippen molar-refractivity contribution in [1.82, 2.24) is 5.32 Å². The standard InChI is InChI=1S/C18H22N2/c1-19-12-15-8-9-18-17(11-15)16(13-20(18)2)10-14-6-4-3-5-7-14/h3-9,11,16,19H,10,12-13H2,1-2H3. The van der Waals surface area contributed by atoms with E-state index in [1.807, 2.05) is 7.05 Å². The van der Waals surface area contributed by atoms with Crippen molar-refractivity contribution >= 4 is 5.69 Å². The first kappa shape index (κ1) is 13.2. The molecule has 2 heteroatoms. The van der Waals surface area contributed by atoms with Crippen molar-refractivity contribution in [3.05, 3.63) is 65.2 Å². The zero-order valence-electron chi connectivity index (χ0n) is 12.3. The Hall–Kier alpha value is -1.80. The van der Waals surface area contributed by atoms with Crippen LogP contribution in [-0.4, -0.2) is 20.6 Å². The molecule has 0 saturated carbocycles. The van der Waals surface area contributed by atoms with Crippen molar-refractivity contribution in [2.45, 2.75) is 18.9 Å². The molecule has 104 valence electrons. The second kappa shape index (κ2) is 5.68. The molecule has 0 aromatic heterocycles. The molecule has 2 aromatic carbocycles. The smallest absolute Gasteiger partial charge is 0.0400 e. The third kappa shape index (κ3) is 2.56. The number of likely N-dealkylation sites (N-methyl/N-ethyl adjacent to an activating group) is 1. The first-order chi connectivity index (χ1) is 9.78. The third-order valence-corrected chi connectivity index (χ3v) is 4.14. The third-order valence-electron chi connectivity index (χ3n) is 4.14. The van der Waals surface area contributed by atoms with Gasteiger partial charge >= 0.3 is 0 Å². The minimum absolute atomic E-state index is 0.606. The summed E-state index contributed by atoms with van der Waals surface area (Å²) in [7, 11) is 4.20. The molecule has 20 heavy (non-hydrogen) atoms. The maximum atomic E-state index is 3.24. The Kier molecular flexibility index (Phi) is 3.75. The second-order valence-corrected chi connectivity index (χ2v) is 5.69. The van der Waals surface area contributed by atoms with Crippen molar-refractivity contribution in [1.29, 1.82) is 0 Å². The van der Waals surface area contributed by atoms with Gasteiger partial charge in [0.25, 0.3) is 0 Å². The van der Waals surface area contributed by atoms with Crippen LogP contribution in [0.3, 0.4) is 0 Å². The van der Waals surface area contributed by atoms with Gasteiger partial charge in [-0.05, 0) is 36.2 Å². The molecule has 1 aliphatic rings. The summed E-state index contributed by atoms with van der Waals surface area (Å²) in [5.41, 5.74) is 5.70. The van der Waals surface area contributed by atoms with Gasteiger partial charge in [-0.15, -0.1) is 0 Å². The highest BCUT2D eigenvalue weighted by Crippen LogP contribution is 2.37. The summed E-state index contributed by atoms with van der Waals surface area (Å²) in [4.78, 5) is 2.38. The zero-order valence-corrected chi connectivity index (χ0v) is 12.3. The molecule has 2 aromatic rings. The average Bonchev–Trinajstić information content (AvgIpc) is 2.77. The maximum Gasteiger partial charge on any atom is 0.0400 e. The summed E-state index contributed by atoms with van der Waals surface area (Å²) >= 11 is 0. The van der Waals surface area contributed by atoms with Crippen LogP contribution in [0.2, 0.25) is 0 Å². The maximum absolute atomic E-state index is 3.24. The van der Waals surface area contributed by atoms with Crippen LogP contribution < -0.4 is 10.2 Å². The van der Waals surface area contributed by atoms with Gasteiger partial charge in [-0.1, -0.05) is 42.5 Å². The lowest BCUT2D eigenvalue weighted by molar-refractivity contribution is 0.715. The van der Waals surface area contributed by atoms with Crippen LogP contribution in [0.25, 0.3) is 0 Å². The summed E-state index contributed by atoms with van der Waals surface area (Å²) in [5, 5.41) is 3.24. The molecule has 0 fully saturated rings. The Balaban J connectivity index is 1.87. The second-order valence-electron chi connectivity index (χ2n) is 5.69. The van der Waals surface area contributed by atoms with Crippen molar-refractivity contribution in [3.8, 4) is 0 Å². The van der Waals surface area contributed by atoms with Crippen LogP contribution in [0.15, 0.2) is 48.5 Å². The molecule has 1 aliphatic heterocycles. The number of hydrogen-bond acceptors (Lipinski definition) is 2. The number of nitrogens with one attached hydrogen (secondary N) is 1. The molecule has 0 spiro atoms. The molecule has 0 radical (unpaired) electrons. The monoisotopic (exact) mass is 266 g/mol. The molecular formula is C18H22N2. The predicted molar refractivity (Wildman–Crippen MR) is 85.4 cm³/mol. The Labute approximate surface area is 121 Å². The summed E-state index contributed by atoms with van der Waals surface area (Å²) in [5.74, 6) is 0.606. The molecule has 2 nitrogen and oxygen atoms in total. The zero-order chi connectivity index (χ0) is 13.9. The number of nitrogens with zero attached hydrogens (tertiary/aromatic N) is 1. The van der Waals surface area contributed by atoms with Gasteiger partial charge in [-0.3, -0.25) is 0 Å². The van der Waals surface area contributed by atoms with Gasteiger partial charge in [-0.2, -0.15) is 0 Å². The van der Waals surface area contributed by atoms with Gasteiger partial charge < -0.3 is 10.2 Å². The fraction of sp³-hybridized carbons (Fsp3) is 0.333. The van der Waals surface area contributed by atoms with Crippen LogP contribution in [0.4, 0.5) is 5.69 Å². The Morgan fingerprint density at radius 3 is 2.65 bits per heavy atom.